The van der Waals surface area contributed by atoms with Crippen molar-refractivity contribution in [1.82, 2.24) is 0 Å². The number of carbonyl (C=O) groups is 1. The van der Waals surface area contributed by atoms with E-state index in [9.17, 15) is 4.79 Å². The van der Waals surface area contributed by atoms with Crippen LogP contribution >= 0.6 is 22.6 Å². The van der Waals surface area contributed by atoms with Gasteiger partial charge in [-0.15, -0.1) is 0 Å². The van der Waals surface area contributed by atoms with Crippen LogP contribution < -0.4 is 0 Å². The highest BCUT2D eigenvalue weighted by Gasteiger charge is 2.20. The van der Waals surface area contributed by atoms with Crippen molar-refractivity contribution in [2.24, 2.45) is 5.41 Å². The second kappa shape index (κ2) is 13.6. The summed E-state index contributed by atoms with van der Waals surface area (Å²) in [5.41, 5.74) is 1.42. The number of aliphatic carboxylic acids is 1. The first-order valence-corrected chi connectivity index (χ1v) is 11.4. The summed E-state index contributed by atoms with van der Waals surface area (Å²) in [6.07, 6.45) is 15.7. The van der Waals surface area contributed by atoms with E-state index in [1.54, 1.807) is 0 Å². The Morgan fingerprint density at radius 1 is 0.846 bits per heavy atom. The summed E-state index contributed by atoms with van der Waals surface area (Å²) >= 11 is 2.36. The number of aryl methyl sites for hydroxylation is 1. The fourth-order valence-electron chi connectivity index (χ4n) is 3.50. The molecule has 1 rings (SSSR count). The van der Waals surface area contributed by atoms with Crippen molar-refractivity contribution in [3.8, 4) is 0 Å². The Labute approximate surface area is 174 Å². The van der Waals surface area contributed by atoms with Gasteiger partial charge < -0.3 is 5.11 Å². The number of hydrogen-bond acceptors (Lipinski definition) is 1. The minimum atomic E-state index is -0.673. The summed E-state index contributed by atoms with van der Waals surface area (Å²) in [4.78, 5) is 10.8. The van der Waals surface area contributed by atoms with E-state index in [1.165, 1.54) is 79.8 Å². The van der Waals surface area contributed by atoms with Crippen LogP contribution in [0.15, 0.2) is 24.3 Å². The minimum absolute atomic E-state index is 0.0515. The van der Waals surface area contributed by atoms with Gasteiger partial charge in [-0.2, -0.15) is 0 Å². The second-order valence-electron chi connectivity index (χ2n) is 8.40. The monoisotopic (exact) mass is 468 g/mol. The van der Waals surface area contributed by atoms with E-state index in [1.807, 2.05) is 0 Å². The Kier molecular flexibility index (Phi) is 12.2. The molecule has 0 aliphatic heterocycles. The Morgan fingerprint density at radius 2 is 1.31 bits per heavy atom. The number of carboxylic acid groups (broad SMARTS) is 1. The van der Waals surface area contributed by atoms with Crippen molar-refractivity contribution < 1.29 is 9.90 Å². The van der Waals surface area contributed by atoms with Crippen LogP contribution in [0.25, 0.3) is 0 Å². The first-order valence-electron chi connectivity index (χ1n) is 10.4. The molecule has 148 valence electrons. The van der Waals surface area contributed by atoms with Gasteiger partial charge in [0.25, 0.3) is 0 Å². The van der Waals surface area contributed by atoms with E-state index < -0.39 is 5.97 Å². The zero-order valence-corrected chi connectivity index (χ0v) is 18.9. The SMILES string of the molecule is CC(C)(CCCCCCCCCCCCc1ccc([123I])cc1)CC(=O)O. The average molecular weight is 468 g/mol. The summed E-state index contributed by atoms with van der Waals surface area (Å²) in [5, 5.41) is 8.89. The maximum absolute atomic E-state index is 10.8. The lowest BCUT2D eigenvalue weighted by Gasteiger charge is -2.21. The normalized spacial score (nSPS) is 11.7. The van der Waals surface area contributed by atoms with Gasteiger partial charge >= 0.3 is 5.97 Å². The molecule has 1 aromatic carbocycles. The number of hydrogen-bond donors (Lipinski definition) is 1. The molecule has 0 amide bonds. The Hall–Kier alpha value is -0.580. The molecule has 0 saturated heterocycles. The van der Waals surface area contributed by atoms with Crippen LogP contribution in [0, 0.1) is 8.99 Å². The average Bonchev–Trinajstić information content (AvgIpc) is 2.56. The Morgan fingerprint density at radius 3 is 1.81 bits per heavy atom. The lowest BCUT2D eigenvalue weighted by Crippen LogP contribution is -2.16. The van der Waals surface area contributed by atoms with Gasteiger partial charge in [0, 0.05) is 3.57 Å². The van der Waals surface area contributed by atoms with Gasteiger partial charge in [-0.25, -0.2) is 0 Å². The van der Waals surface area contributed by atoms with Crippen molar-refractivity contribution in [2.45, 2.75) is 97.3 Å². The quantitative estimate of drug-likeness (QED) is 0.212. The van der Waals surface area contributed by atoms with Gasteiger partial charge in [-0.05, 0) is 65.0 Å². The summed E-state index contributed by atoms with van der Waals surface area (Å²) in [6, 6.07) is 8.90. The van der Waals surface area contributed by atoms with E-state index in [0.29, 0.717) is 0 Å². The number of benzene rings is 1. The van der Waals surface area contributed by atoms with Crippen LogP contribution in [-0.4, -0.2) is 11.1 Å². The highest BCUT2D eigenvalue weighted by atomic mass is 123. The zero-order chi connectivity index (χ0) is 19.3. The van der Waals surface area contributed by atoms with E-state index in [2.05, 4.69) is 60.7 Å². The number of carboxylic acids is 1. The zero-order valence-electron chi connectivity index (χ0n) is 16.7. The molecule has 0 aliphatic rings. The van der Waals surface area contributed by atoms with E-state index in [4.69, 9.17) is 5.11 Å². The first kappa shape index (κ1) is 23.5. The molecule has 1 aromatic rings. The Bertz CT molecular complexity index is 493. The maximum atomic E-state index is 10.8. The minimum Gasteiger partial charge on any atom is -0.481 e. The van der Waals surface area contributed by atoms with Gasteiger partial charge in [0.2, 0.25) is 0 Å². The molecule has 0 atom stereocenters. The molecule has 3 heteroatoms. The second-order valence-corrected chi connectivity index (χ2v) is 9.64. The number of unbranched alkanes of at least 4 members (excludes halogenated alkanes) is 9. The standard InChI is InChI=1S/C23H37IO2/c1-23(2,19-22(25)26)18-12-10-8-6-4-3-5-7-9-11-13-20-14-16-21(24)17-15-20/h14-17H,3-13,18-19H2,1-2H3,(H,25,26)/i24-4. The van der Waals surface area contributed by atoms with Crippen molar-refractivity contribution in [3.05, 3.63) is 33.4 Å². The van der Waals surface area contributed by atoms with Gasteiger partial charge in [-0.1, -0.05) is 83.8 Å². The molecular weight excluding hydrogens is 431 g/mol. The lowest BCUT2D eigenvalue weighted by molar-refractivity contribution is -0.139. The highest BCUT2D eigenvalue weighted by molar-refractivity contribution is 14.1. The number of rotatable bonds is 15. The fraction of sp³-hybridized carbons (Fsp3) is 0.696. The maximum Gasteiger partial charge on any atom is 0.303 e. The van der Waals surface area contributed by atoms with E-state index in [0.717, 1.165) is 6.42 Å². The topological polar surface area (TPSA) is 37.3 Å². The van der Waals surface area contributed by atoms with Crippen molar-refractivity contribution >= 4 is 28.6 Å². The summed E-state index contributed by atoms with van der Waals surface area (Å²) in [6.45, 7) is 4.14. The summed E-state index contributed by atoms with van der Waals surface area (Å²) in [5.74, 6) is -0.673. The van der Waals surface area contributed by atoms with Crippen LogP contribution in [0.5, 0.6) is 0 Å². The molecule has 0 radical (unpaired) electrons. The molecule has 0 spiro atoms. The first-order chi connectivity index (χ1) is 12.4. The van der Waals surface area contributed by atoms with Crippen LogP contribution in [0.2, 0.25) is 0 Å². The van der Waals surface area contributed by atoms with Gasteiger partial charge in [0.1, 0.15) is 0 Å². The van der Waals surface area contributed by atoms with Crippen molar-refractivity contribution in [1.29, 1.82) is 0 Å². The fourth-order valence-corrected chi connectivity index (χ4v) is 3.86. The van der Waals surface area contributed by atoms with E-state index >= 15 is 0 Å². The Balaban J connectivity index is 1.86. The third kappa shape index (κ3) is 12.7. The van der Waals surface area contributed by atoms with Crippen LogP contribution in [0.1, 0.15) is 96.5 Å². The molecule has 0 aromatic heterocycles. The van der Waals surface area contributed by atoms with Crippen molar-refractivity contribution in [2.75, 3.05) is 0 Å². The predicted molar refractivity (Wildman–Crippen MR) is 120 cm³/mol. The molecule has 2 nitrogen and oxygen atoms in total. The van der Waals surface area contributed by atoms with Crippen LogP contribution in [0.3, 0.4) is 0 Å². The van der Waals surface area contributed by atoms with Crippen LogP contribution in [-0.2, 0) is 11.2 Å². The molecule has 0 bridgehead atoms. The number of halogens is 1. The molecule has 1 N–H and O–H groups in total. The largest absolute Gasteiger partial charge is 0.481 e. The van der Waals surface area contributed by atoms with E-state index in [-0.39, 0.29) is 11.8 Å². The van der Waals surface area contributed by atoms with Gasteiger partial charge in [-0.3, -0.25) is 4.79 Å². The third-order valence-corrected chi connectivity index (χ3v) is 5.83. The molecule has 0 heterocycles. The molecule has 26 heavy (non-hydrogen) atoms. The predicted octanol–water partition coefficient (Wildman–Crippen LogP) is 7.63. The lowest BCUT2D eigenvalue weighted by atomic mass is 9.83. The van der Waals surface area contributed by atoms with Crippen LogP contribution in [0.4, 0.5) is 0 Å². The third-order valence-electron chi connectivity index (χ3n) is 5.11. The van der Waals surface area contributed by atoms with Gasteiger partial charge in [0.05, 0.1) is 6.42 Å². The molecular formula is C23H37IO2. The summed E-state index contributed by atoms with van der Waals surface area (Å²) in [7, 11) is 0. The summed E-state index contributed by atoms with van der Waals surface area (Å²) < 4.78 is 1.32. The van der Waals surface area contributed by atoms with Gasteiger partial charge in [0.15, 0.2) is 0 Å². The molecule has 0 saturated carbocycles. The van der Waals surface area contributed by atoms with Crippen molar-refractivity contribution in [3.63, 3.8) is 0 Å². The molecule has 0 unspecified atom stereocenters. The molecule has 0 aliphatic carbocycles. The molecule has 0 fully saturated rings. The highest BCUT2D eigenvalue weighted by Crippen LogP contribution is 2.28. The smallest absolute Gasteiger partial charge is 0.303 e.